The lowest BCUT2D eigenvalue weighted by atomic mass is 10.1. The third-order valence-corrected chi connectivity index (χ3v) is 14.4. The quantitative estimate of drug-likeness (QED) is 0.0946. The molecule has 8 rings (SSSR count). The number of oxazole rings is 1. The van der Waals surface area contributed by atoms with Gasteiger partial charge in [-0.1, -0.05) is 273 Å². The topological polar surface area (TPSA) is 238 Å². The highest BCUT2D eigenvalue weighted by Crippen LogP contribution is 2.27. The summed E-state index contributed by atoms with van der Waals surface area (Å²) in [6.07, 6.45) is 9.57. The molecule has 0 spiro atoms. The molecule has 0 radical (unpaired) electrons. The van der Waals surface area contributed by atoms with Gasteiger partial charge in [-0.25, -0.2) is 24.9 Å². The first-order valence-electron chi connectivity index (χ1n) is 38.2. The normalized spacial score (nSPS) is 10.4. The predicted molar refractivity (Wildman–Crippen MR) is 428 cm³/mol. The van der Waals surface area contributed by atoms with Crippen molar-refractivity contribution in [2.75, 3.05) is 0 Å². The van der Waals surface area contributed by atoms with Crippen LogP contribution in [0.3, 0.4) is 0 Å². The summed E-state index contributed by atoms with van der Waals surface area (Å²) >= 11 is 1.84. The van der Waals surface area contributed by atoms with Crippen LogP contribution in [0, 0.1) is 0 Å². The van der Waals surface area contributed by atoms with Crippen molar-refractivity contribution in [1.82, 2.24) is 85.0 Å². The molecule has 0 aliphatic heterocycles. The van der Waals surface area contributed by atoms with Crippen LogP contribution in [0.4, 0.5) is 0 Å². The van der Waals surface area contributed by atoms with E-state index in [9.17, 15) is 0 Å². The minimum atomic E-state index is 0.301. The highest BCUT2D eigenvalue weighted by atomic mass is 32.1. The van der Waals surface area contributed by atoms with E-state index in [1.807, 2.05) is 145 Å². The van der Waals surface area contributed by atoms with Crippen LogP contribution >= 0.6 is 11.3 Å². The van der Waals surface area contributed by atoms with Crippen molar-refractivity contribution in [3.63, 3.8) is 0 Å². The molecular formula is C79H155N17O3S. The van der Waals surface area contributed by atoms with Crippen LogP contribution in [-0.2, 0) is 0 Å². The first-order valence-corrected chi connectivity index (χ1v) is 39.1. The minimum Gasteiger partial charge on any atom is -0.448 e. The maximum Gasteiger partial charge on any atom is 0.229 e. The first kappa shape index (κ1) is 105. The van der Waals surface area contributed by atoms with Crippen molar-refractivity contribution in [2.45, 2.75) is 400 Å². The first-order chi connectivity index (χ1) is 46.9. The maximum atomic E-state index is 5.28. The molecule has 0 aliphatic carbocycles. The zero-order chi connectivity index (χ0) is 79.4. The number of aromatic amines is 1. The summed E-state index contributed by atoms with van der Waals surface area (Å²) in [5.74, 6) is 12.8. The molecule has 21 heteroatoms. The summed E-state index contributed by atoms with van der Waals surface area (Å²) in [6, 6.07) is 3.27. The van der Waals surface area contributed by atoms with Gasteiger partial charge in [-0.2, -0.15) is 20.0 Å². The lowest BCUT2D eigenvalue weighted by Gasteiger charge is -2.04. The fourth-order valence-electron chi connectivity index (χ4n) is 6.46. The van der Waals surface area contributed by atoms with Crippen LogP contribution in [0.15, 0.2) is 50.8 Å². The Balaban J connectivity index is -0.000000247. The SMILES string of the molecule is CC.CC.CC.CC.CC.CC.CC(C)c1cc(C(C)C)on1.CC(C)c1cn(C(C)C)cn1.CC(C)c1cnc(C(C)C)s1.CC(C)c1coc(C(C)C)n1.CC(C)c1n[nH]c(C(C)C)n1.CC(C)c1ncn(C(C)C)n1.CC(C)c1nnn(C(C)C)n1.CC(C)c1noc(C(C)C)n1. The van der Waals surface area contributed by atoms with Crippen molar-refractivity contribution in [3.05, 3.63) is 111 Å². The van der Waals surface area contributed by atoms with Gasteiger partial charge in [0.25, 0.3) is 0 Å². The number of aromatic nitrogens is 17. The van der Waals surface area contributed by atoms with Gasteiger partial charge < -0.3 is 18.0 Å². The van der Waals surface area contributed by atoms with Crippen LogP contribution in [0.5, 0.6) is 0 Å². The Hall–Kier alpha value is -6.25. The molecule has 0 aliphatic rings. The van der Waals surface area contributed by atoms with E-state index in [0.717, 1.165) is 58.1 Å². The zero-order valence-electron chi connectivity index (χ0n) is 72.5. The molecule has 8 heterocycles. The molecule has 580 valence electrons. The van der Waals surface area contributed by atoms with Crippen LogP contribution in [0.25, 0.3) is 0 Å². The highest BCUT2D eigenvalue weighted by molar-refractivity contribution is 7.11. The Morgan fingerprint density at radius 1 is 0.390 bits per heavy atom. The number of thiazole rings is 1. The summed E-state index contributed by atoms with van der Waals surface area (Å²) in [4.78, 5) is 28.8. The third kappa shape index (κ3) is 44.9. The average molecular weight is 1420 g/mol. The Labute approximate surface area is 617 Å². The van der Waals surface area contributed by atoms with Gasteiger partial charge >= 0.3 is 0 Å². The van der Waals surface area contributed by atoms with E-state index in [1.165, 1.54) is 15.6 Å². The molecular weight excluding hydrogens is 1270 g/mol. The molecule has 1 N–H and O–H groups in total. The third-order valence-electron chi connectivity index (χ3n) is 12.8. The van der Waals surface area contributed by atoms with E-state index in [-0.39, 0.29) is 0 Å². The van der Waals surface area contributed by atoms with Gasteiger partial charge in [-0.15, -0.1) is 21.5 Å². The van der Waals surface area contributed by atoms with Gasteiger partial charge in [-0.3, -0.25) is 9.78 Å². The van der Waals surface area contributed by atoms with Crippen LogP contribution < -0.4 is 0 Å². The van der Waals surface area contributed by atoms with Crippen LogP contribution in [0.2, 0.25) is 0 Å². The number of hydrogen-bond donors (Lipinski definition) is 1. The largest absolute Gasteiger partial charge is 0.448 e. The highest BCUT2D eigenvalue weighted by Gasteiger charge is 2.15. The number of hydrogen-bond acceptors (Lipinski definition) is 17. The van der Waals surface area contributed by atoms with Gasteiger partial charge in [-0.05, 0) is 70.4 Å². The van der Waals surface area contributed by atoms with E-state index in [0.29, 0.717) is 95.1 Å². The van der Waals surface area contributed by atoms with E-state index in [4.69, 9.17) is 13.5 Å². The Bertz CT molecular complexity index is 2240. The molecule has 8 aromatic heterocycles. The summed E-state index contributed by atoms with van der Waals surface area (Å²) in [7, 11) is 0. The second-order valence-corrected chi connectivity index (χ2v) is 28.1. The molecule has 0 unspecified atom stereocenters. The van der Waals surface area contributed by atoms with Gasteiger partial charge in [0.15, 0.2) is 29.2 Å². The molecule has 0 atom stereocenters. The number of rotatable bonds is 16. The van der Waals surface area contributed by atoms with Crippen molar-refractivity contribution in [2.24, 2.45) is 0 Å². The number of H-pyrrole nitrogens is 1. The van der Waals surface area contributed by atoms with Crippen molar-refractivity contribution < 1.29 is 13.5 Å². The Morgan fingerprint density at radius 3 is 1.13 bits per heavy atom. The van der Waals surface area contributed by atoms with Crippen molar-refractivity contribution >= 4 is 11.3 Å². The molecule has 0 amide bonds. The molecule has 0 saturated carbocycles. The molecule has 0 aromatic carbocycles. The fourth-order valence-corrected chi connectivity index (χ4v) is 7.38. The van der Waals surface area contributed by atoms with E-state index in [2.05, 4.69) is 276 Å². The second kappa shape index (κ2) is 60.3. The fraction of sp³-hybridized carbons (Fsp3) is 0.759. The number of nitrogens with one attached hydrogen (secondary N) is 1. The summed E-state index contributed by atoms with van der Waals surface area (Å²) < 4.78 is 19.5. The molecule has 0 saturated heterocycles. The predicted octanol–water partition coefficient (Wildman–Crippen LogP) is 25.7. The Morgan fingerprint density at radius 2 is 0.890 bits per heavy atom. The van der Waals surface area contributed by atoms with Gasteiger partial charge in [0, 0.05) is 88.7 Å². The van der Waals surface area contributed by atoms with Gasteiger partial charge in [0.05, 0.1) is 34.5 Å². The Kier molecular flexibility index (Phi) is 63.2. The lowest BCUT2D eigenvalue weighted by molar-refractivity contribution is 0.359. The van der Waals surface area contributed by atoms with Crippen molar-refractivity contribution in [1.29, 1.82) is 0 Å². The van der Waals surface area contributed by atoms with Crippen LogP contribution in [-0.4, -0.2) is 85.0 Å². The van der Waals surface area contributed by atoms with Crippen LogP contribution in [0.1, 0.15) is 473 Å². The molecule has 100 heavy (non-hydrogen) atoms. The molecule has 8 aromatic rings. The minimum absolute atomic E-state index is 0.301. The molecule has 0 fully saturated rings. The second-order valence-electron chi connectivity index (χ2n) is 27.0. The number of tetrazole rings is 1. The number of nitrogens with zero attached hydrogens (tertiary/aromatic N) is 16. The summed E-state index contributed by atoms with van der Waals surface area (Å²) in [6.45, 7) is 91.4. The standard InChI is InChI=1S/C9H16N2.2C9H15NO.C9H15NS.2C8H15N3.C8H14N2O.C7H14N4.6C2H6/c1-7(2)9-5-11(6-10-9)8(3)4;1-6(2)8-5-11-9(10-8)7(3)4;1-6(2)8-5-9(7(3)4)11-10-8;1-6(2)8-5-10-9(11-8)7(3)4;1-6(2)8-9-5-11(10-8)7(3)4;2*1-5(2)7-9-8(6(3)4)11-10-7;1-5(2)7-8-10-11(9-7)6(3)4;6*1-2/h5-8H,1-4H3;4*5-7H,1-4H3;5-6H,1-4H3,(H,9,10,11);2*5-6H,1-4H3;6*1-2H3. The molecule has 0 bridgehead atoms. The van der Waals surface area contributed by atoms with E-state index in [1.54, 1.807) is 17.4 Å². The van der Waals surface area contributed by atoms with Gasteiger partial charge in [0.2, 0.25) is 5.89 Å². The average Bonchev–Trinajstić information content (AvgIpc) is 1.86. The lowest BCUT2D eigenvalue weighted by Crippen LogP contribution is -2.05. The zero-order valence-corrected chi connectivity index (χ0v) is 73.3. The smallest absolute Gasteiger partial charge is 0.229 e. The van der Waals surface area contributed by atoms with Crippen molar-refractivity contribution in [3.8, 4) is 0 Å². The summed E-state index contributed by atoms with van der Waals surface area (Å²) in [5.41, 5.74) is 3.28. The monoisotopic (exact) mass is 1420 g/mol. The molecule has 20 nitrogen and oxygen atoms in total. The summed E-state index contributed by atoms with van der Waals surface area (Å²) in [5, 5.41) is 32.4. The maximum absolute atomic E-state index is 5.28. The van der Waals surface area contributed by atoms with E-state index < -0.39 is 0 Å². The van der Waals surface area contributed by atoms with E-state index >= 15 is 0 Å². The van der Waals surface area contributed by atoms with Gasteiger partial charge in [0.1, 0.15) is 24.2 Å². The number of imidazole rings is 1.